The zero-order chi connectivity index (χ0) is 16.9. The number of nitrogens with zero attached hydrogens (tertiary/aromatic N) is 2. The minimum atomic E-state index is -0.947. The maximum Gasteiger partial charge on any atom is 0.325 e. The number of ether oxygens (including phenoxy) is 1. The molecule has 0 aliphatic rings. The third-order valence-corrected chi connectivity index (χ3v) is 3.61. The molecule has 0 amide bonds. The highest BCUT2D eigenvalue weighted by Crippen LogP contribution is 2.24. The number of carboxylic acid groups (broad SMARTS) is 1. The molecule has 24 heavy (non-hydrogen) atoms. The summed E-state index contributed by atoms with van der Waals surface area (Å²) in [5.74, 6) is 0.256. The molecule has 2 aromatic carbocycles. The number of anilines is 1. The van der Waals surface area contributed by atoms with E-state index in [1.54, 1.807) is 6.92 Å². The van der Waals surface area contributed by atoms with E-state index < -0.39 is 12.0 Å². The van der Waals surface area contributed by atoms with Gasteiger partial charge >= 0.3 is 5.97 Å². The molecule has 6 heteroatoms. The van der Waals surface area contributed by atoms with Crippen molar-refractivity contribution in [2.75, 3.05) is 5.32 Å². The number of aromatic nitrogens is 2. The number of rotatable bonds is 6. The van der Waals surface area contributed by atoms with Crippen molar-refractivity contribution in [1.82, 2.24) is 10.2 Å². The van der Waals surface area contributed by atoms with Crippen LogP contribution in [0.15, 0.2) is 54.6 Å². The fourth-order valence-corrected chi connectivity index (χ4v) is 2.31. The van der Waals surface area contributed by atoms with Crippen LogP contribution in [0, 0.1) is 0 Å². The van der Waals surface area contributed by atoms with Crippen LogP contribution >= 0.6 is 0 Å². The molecule has 0 radical (unpaired) electrons. The normalized spacial score (nSPS) is 11.9. The highest BCUT2D eigenvalue weighted by atomic mass is 16.5. The van der Waals surface area contributed by atoms with E-state index in [0.717, 1.165) is 16.5 Å². The van der Waals surface area contributed by atoms with E-state index in [4.69, 9.17) is 9.84 Å². The van der Waals surface area contributed by atoms with Crippen LogP contribution in [0.5, 0.6) is 5.75 Å². The first kappa shape index (κ1) is 15.7. The first-order chi connectivity index (χ1) is 11.6. The second-order valence-corrected chi connectivity index (χ2v) is 5.35. The van der Waals surface area contributed by atoms with Crippen LogP contribution < -0.4 is 10.1 Å². The Morgan fingerprint density at radius 2 is 1.75 bits per heavy atom. The summed E-state index contributed by atoms with van der Waals surface area (Å²) in [6.45, 7) is 1.84. The minimum absolute atomic E-state index is 0.284. The van der Waals surface area contributed by atoms with Crippen LogP contribution in [0.3, 0.4) is 0 Å². The smallest absolute Gasteiger partial charge is 0.325 e. The van der Waals surface area contributed by atoms with E-state index >= 15 is 0 Å². The molecule has 0 saturated carbocycles. The zero-order valence-corrected chi connectivity index (χ0v) is 13.1. The Balaban J connectivity index is 1.89. The molecule has 0 spiro atoms. The second-order valence-electron chi connectivity index (χ2n) is 5.35. The summed E-state index contributed by atoms with van der Waals surface area (Å²) in [7, 11) is 0. The summed E-state index contributed by atoms with van der Waals surface area (Å²) >= 11 is 0. The van der Waals surface area contributed by atoms with Gasteiger partial charge in [-0.05, 0) is 19.1 Å². The number of hydrogen-bond donors (Lipinski definition) is 2. The van der Waals surface area contributed by atoms with E-state index in [-0.39, 0.29) is 6.61 Å². The van der Waals surface area contributed by atoms with Gasteiger partial charge in [0.05, 0.1) is 0 Å². The Morgan fingerprint density at radius 1 is 1.08 bits per heavy atom. The first-order valence-corrected chi connectivity index (χ1v) is 7.56. The zero-order valence-electron chi connectivity index (χ0n) is 13.1. The third-order valence-electron chi connectivity index (χ3n) is 3.61. The predicted molar refractivity (Wildman–Crippen MR) is 91.0 cm³/mol. The topological polar surface area (TPSA) is 84.3 Å². The van der Waals surface area contributed by atoms with Gasteiger partial charge in [0.25, 0.3) is 0 Å². The van der Waals surface area contributed by atoms with E-state index in [1.807, 2.05) is 54.6 Å². The summed E-state index contributed by atoms with van der Waals surface area (Å²) in [6.07, 6.45) is 0. The van der Waals surface area contributed by atoms with Crippen molar-refractivity contribution >= 4 is 22.6 Å². The van der Waals surface area contributed by atoms with Gasteiger partial charge in [-0.3, -0.25) is 4.79 Å². The Morgan fingerprint density at radius 3 is 2.46 bits per heavy atom. The van der Waals surface area contributed by atoms with Crippen molar-refractivity contribution in [3.05, 3.63) is 60.3 Å². The number of aliphatic carboxylic acids is 1. The SMILES string of the molecule is CC(Nc1nnc(COc2ccccc2)c2ccccc12)C(=O)O. The molecular formula is C18H17N3O3. The highest BCUT2D eigenvalue weighted by molar-refractivity contribution is 5.94. The molecule has 1 heterocycles. The van der Waals surface area contributed by atoms with E-state index in [0.29, 0.717) is 11.5 Å². The van der Waals surface area contributed by atoms with Gasteiger partial charge in [0.2, 0.25) is 0 Å². The molecule has 3 aromatic rings. The van der Waals surface area contributed by atoms with Crippen LogP contribution in [-0.2, 0) is 11.4 Å². The lowest BCUT2D eigenvalue weighted by atomic mass is 10.1. The summed E-state index contributed by atoms with van der Waals surface area (Å²) in [5, 5.41) is 22.0. The van der Waals surface area contributed by atoms with Crippen molar-refractivity contribution in [2.45, 2.75) is 19.6 Å². The second kappa shape index (κ2) is 6.95. The maximum atomic E-state index is 11.0. The first-order valence-electron chi connectivity index (χ1n) is 7.56. The molecule has 1 aromatic heterocycles. The van der Waals surface area contributed by atoms with Gasteiger partial charge in [-0.1, -0.05) is 42.5 Å². The number of hydrogen-bond acceptors (Lipinski definition) is 5. The fourth-order valence-electron chi connectivity index (χ4n) is 2.31. The molecule has 2 N–H and O–H groups in total. The predicted octanol–water partition coefficient (Wildman–Crippen LogP) is 3.09. The van der Waals surface area contributed by atoms with Gasteiger partial charge in [0.15, 0.2) is 5.82 Å². The van der Waals surface area contributed by atoms with Crippen LogP contribution in [0.1, 0.15) is 12.6 Å². The molecule has 1 unspecified atom stereocenters. The molecule has 1 atom stereocenters. The lowest BCUT2D eigenvalue weighted by Gasteiger charge is -2.13. The lowest BCUT2D eigenvalue weighted by Crippen LogP contribution is -2.26. The number of benzene rings is 2. The number of fused-ring (bicyclic) bond motifs is 1. The van der Waals surface area contributed by atoms with Crippen LogP contribution in [0.2, 0.25) is 0 Å². The number of carbonyl (C=O) groups is 1. The van der Waals surface area contributed by atoms with Crippen LogP contribution in [0.25, 0.3) is 10.8 Å². The van der Waals surface area contributed by atoms with Crippen molar-refractivity contribution in [3.8, 4) is 5.75 Å². The average molecular weight is 323 g/mol. The summed E-state index contributed by atoms with van der Waals surface area (Å²) in [6, 6.07) is 16.3. The van der Waals surface area contributed by atoms with E-state index in [1.165, 1.54) is 0 Å². The van der Waals surface area contributed by atoms with Crippen molar-refractivity contribution in [1.29, 1.82) is 0 Å². The average Bonchev–Trinajstić information content (AvgIpc) is 2.61. The largest absolute Gasteiger partial charge is 0.487 e. The molecule has 0 fully saturated rings. The molecule has 0 saturated heterocycles. The van der Waals surface area contributed by atoms with E-state index in [9.17, 15) is 4.79 Å². The van der Waals surface area contributed by atoms with Crippen molar-refractivity contribution in [2.24, 2.45) is 0 Å². The summed E-state index contributed by atoms with van der Waals surface area (Å²) in [4.78, 5) is 11.0. The monoisotopic (exact) mass is 323 g/mol. The van der Waals surface area contributed by atoms with Crippen LogP contribution in [0.4, 0.5) is 5.82 Å². The molecule has 0 aliphatic heterocycles. The summed E-state index contributed by atoms with van der Waals surface area (Å²) < 4.78 is 5.74. The number of para-hydroxylation sites is 1. The maximum absolute atomic E-state index is 11.0. The molecule has 0 aliphatic carbocycles. The molecule has 6 nitrogen and oxygen atoms in total. The Labute approximate surface area is 139 Å². The van der Waals surface area contributed by atoms with Crippen molar-refractivity contribution < 1.29 is 14.6 Å². The van der Waals surface area contributed by atoms with Gasteiger partial charge < -0.3 is 15.2 Å². The number of carboxylic acids is 1. The van der Waals surface area contributed by atoms with Gasteiger partial charge in [0.1, 0.15) is 24.1 Å². The molecule has 122 valence electrons. The Kier molecular flexibility index (Phi) is 4.56. The number of nitrogens with one attached hydrogen (secondary N) is 1. The standard InChI is InChI=1S/C18H17N3O3/c1-12(18(22)23)19-17-15-10-6-5-9-14(15)16(20-21-17)11-24-13-7-3-2-4-8-13/h2-10,12H,11H2,1H3,(H,19,21)(H,22,23). The fraction of sp³-hybridized carbons (Fsp3) is 0.167. The van der Waals surface area contributed by atoms with Gasteiger partial charge in [-0.25, -0.2) is 0 Å². The Hall–Kier alpha value is -3.15. The molecule has 3 rings (SSSR count). The molecular weight excluding hydrogens is 306 g/mol. The van der Waals surface area contributed by atoms with Gasteiger partial charge in [-0.15, -0.1) is 10.2 Å². The summed E-state index contributed by atoms with van der Waals surface area (Å²) in [5.41, 5.74) is 0.697. The minimum Gasteiger partial charge on any atom is -0.487 e. The third kappa shape index (κ3) is 3.43. The lowest BCUT2D eigenvalue weighted by molar-refractivity contribution is -0.137. The molecule has 0 bridgehead atoms. The van der Waals surface area contributed by atoms with E-state index in [2.05, 4.69) is 15.5 Å². The Bertz CT molecular complexity index is 853. The van der Waals surface area contributed by atoms with Crippen molar-refractivity contribution in [3.63, 3.8) is 0 Å². The highest BCUT2D eigenvalue weighted by Gasteiger charge is 2.15. The quantitative estimate of drug-likeness (QED) is 0.725. The van der Waals surface area contributed by atoms with Gasteiger partial charge in [0, 0.05) is 10.8 Å². The van der Waals surface area contributed by atoms with Gasteiger partial charge in [-0.2, -0.15) is 0 Å². The van der Waals surface area contributed by atoms with Crippen LogP contribution in [-0.4, -0.2) is 27.3 Å².